The molecule has 0 saturated carbocycles. The smallest absolute Gasteiger partial charge is 0.322 e. The fourth-order valence-electron chi connectivity index (χ4n) is 4.52. The Morgan fingerprint density at radius 3 is 2.70 bits per heavy atom. The van der Waals surface area contributed by atoms with E-state index in [0.717, 1.165) is 39.0 Å². The zero-order valence-electron chi connectivity index (χ0n) is 18.3. The number of nitrogens with zero attached hydrogens (tertiary/aromatic N) is 1. The minimum absolute atomic E-state index is 0.239. The van der Waals surface area contributed by atoms with Gasteiger partial charge in [-0.3, -0.25) is 0 Å². The van der Waals surface area contributed by atoms with E-state index in [0.29, 0.717) is 23.7 Å². The number of aromatic nitrogens is 1. The molecule has 1 aliphatic heterocycles. The molecule has 5 nitrogen and oxygen atoms in total. The molecule has 4 aromatic rings. The van der Waals surface area contributed by atoms with Gasteiger partial charge >= 0.3 is 6.03 Å². The molecule has 3 aromatic carbocycles. The molecule has 1 aliphatic rings. The standard InChI is InChI=1S/C26H23ClFN3O2/c1-15-3-6-17(27)13-23(15)30-26(32)31-12-11-20-21-14-19(33-2)9-10-22(21)29-24(20)25(31)16-4-7-18(28)8-5-16/h3-10,13-14,25,29H,11-12H2,1-2H3,(H,30,32)/t25-/m0/s1. The van der Waals surface area contributed by atoms with Crippen LogP contribution in [0.2, 0.25) is 5.02 Å². The number of carbonyl (C=O) groups excluding carboxylic acids is 1. The average Bonchev–Trinajstić information content (AvgIpc) is 3.19. The lowest BCUT2D eigenvalue weighted by atomic mass is 9.92. The number of hydrogen-bond acceptors (Lipinski definition) is 2. The fourth-order valence-corrected chi connectivity index (χ4v) is 4.69. The number of aromatic amines is 1. The maximum absolute atomic E-state index is 13.7. The van der Waals surface area contributed by atoms with E-state index in [1.54, 1.807) is 36.3 Å². The Hall–Kier alpha value is -3.51. The number of anilines is 1. The first-order chi connectivity index (χ1) is 15.9. The number of urea groups is 1. The van der Waals surface area contributed by atoms with Crippen LogP contribution in [0.4, 0.5) is 14.9 Å². The second kappa shape index (κ2) is 8.45. The maximum Gasteiger partial charge on any atom is 0.322 e. The molecule has 1 atom stereocenters. The number of methoxy groups -OCH3 is 1. The lowest BCUT2D eigenvalue weighted by molar-refractivity contribution is 0.193. The summed E-state index contributed by atoms with van der Waals surface area (Å²) >= 11 is 6.15. The van der Waals surface area contributed by atoms with Gasteiger partial charge in [0.1, 0.15) is 11.6 Å². The zero-order valence-corrected chi connectivity index (χ0v) is 19.0. The first kappa shape index (κ1) is 21.3. The highest BCUT2D eigenvalue weighted by molar-refractivity contribution is 6.31. The Morgan fingerprint density at radius 1 is 1.15 bits per heavy atom. The van der Waals surface area contributed by atoms with Gasteiger partial charge in [-0.1, -0.05) is 29.8 Å². The van der Waals surface area contributed by atoms with Crippen molar-refractivity contribution in [3.63, 3.8) is 0 Å². The van der Waals surface area contributed by atoms with Crippen LogP contribution in [-0.2, 0) is 6.42 Å². The van der Waals surface area contributed by atoms with E-state index in [1.165, 1.54) is 12.1 Å². The van der Waals surface area contributed by atoms with Gasteiger partial charge in [-0.05, 0) is 72.5 Å². The Kier molecular flexibility index (Phi) is 5.46. The number of hydrogen-bond donors (Lipinski definition) is 2. The van der Waals surface area contributed by atoms with Gasteiger partial charge in [-0.15, -0.1) is 0 Å². The van der Waals surface area contributed by atoms with Crippen molar-refractivity contribution in [1.29, 1.82) is 0 Å². The van der Waals surface area contributed by atoms with Crippen molar-refractivity contribution >= 4 is 34.2 Å². The van der Waals surface area contributed by atoms with Crippen LogP contribution in [0, 0.1) is 12.7 Å². The van der Waals surface area contributed by atoms with Crippen LogP contribution in [-0.4, -0.2) is 29.6 Å². The summed E-state index contributed by atoms with van der Waals surface area (Å²) in [5, 5.41) is 4.63. The van der Waals surface area contributed by atoms with Crippen molar-refractivity contribution in [2.75, 3.05) is 19.0 Å². The molecular formula is C26H23ClFN3O2. The van der Waals surface area contributed by atoms with Gasteiger partial charge in [0.2, 0.25) is 0 Å². The van der Waals surface area contributed by atoms with Crippen LogP contribution in [0.5, 0.6) is 5.75 Å². The van der Waals surface area contributed by atoms with Crippen LogP contribution in [0.25, 0.3) is 10.9 Å². The highest BCUT2D eigenvalue weighted by Gasteiger charge is 2.35. The molecule has 7 heteroatoms. The quantitative estimate of drug-likeness (QED) is 0.366. The van der Waals surface area contributed by atoms with Crippen LogP contribution in [0.1, 0.15) is 28.4 Å². The lowest BCUT2D eigenvalue weighted by Gasteiger charge is -2.36. The monoisotopic (exact) mass is 463 g/mol. The number of nitrogens with one attached hydrogen (secondary N) is 2. The van der Waals surface area contributed by atoms with Gasteiger partial charge in [0.15, 0.2) is 0 Å². The number of aryl methyl sites for hydroxylation is 1. The summed E-state index contributed by atoms with van der Waals surface area (Å²) in [5.41, 5.74) is 5.45. The van der Waals surface area contributed by atoms with Crippen molar-refractivity contribution < 1.29 is 13.9 Å². The summed E-state index contributed by atoms with van der Waals surface area (Å²) < 4.78 is 19.1. The third-order valence-corrected chi connectivity index (χ3v) is 6.46. The van der Waals surface area contributed by atoms with Crippen molar-refractivity contribution in [3.8, 4) is 5.75 Å². The van der Waals surface area contributed by atoms with Gasteiger partial charge in [-0.25, -0.2) is 9.18 Å². The van der Waals surface area contributed by atoms with Gasteiger partial charge in [0.25, 0.3) is 0 Å². The highest BCUT2D eigenvalue weighted by atomic mass is 35.5. The topological polar surface area (TPSA) is 57.4 Å². The fraction of sp³-hybridized carbons (Fsp3) is 0.192. The molecular weight excluding hydrogens is 441 g/mol. The molecule has 5 rings (SSSR count). The molecule has 0 fully saturated rings. The van der Waals surface area contributed by atoms with E-state index in [1.807, 2.05) is 31.2 Å². The molecule has 0 unspecified atom stereocenters. The van der Waals surface area contributed by atoms with Gasteiger partial charge in [-0.2, -0.15) is 0 Å². The molecule has 0 bridgehead atoms. The lowest BCUT2D eigenvalue weighted by Crippen LogP contribution is -2.43. The number of benzene rings is 3. The minimum atomic E-state index is -0.396. The van der Waals surface area contributed by atoms with Gasteiger partial charge in [0, 0.05) is 33.9 Å². The predicted molar refractivity (Wildman–Crippen MR) is 129 cm³/mol. The van der Waals surface area contributed by atoms with Crippen molar-refractivity contribution in [2.24, 2.45) is 0 Å². The minimum Gasteiger partial charge on any atom is -0.497 e. The normalized spacial score (nSPS) is 15.4. The van der Waals surface area contributed by atoms with Gasteiger partial charge in [0.05, 0.1) is 13.2 Å². The summed E-state index contributed by atoms with van der Waals surface area (Å²) in [7, 11) is 1.64. The van der Waals surface area contributed by atoms with Crippen LogP contribution in [0.15, 0.2) is 60.7 Å². The summed E-state index contributed by atoms with van der Waals surface area (Å²) in [6.45, 7) is 2.42. The van der Waals surface area contributed by atoms with Crippen LogP contribution in [0.3, 0.4) is 0 Å². The summed E-state index contributed by atoms with van der Waals surface area (Å²) in [6, 6.07) is 17.0. The van der Waals surface area contributed by atoms with E-state index < -0.39 is 6.04 Å². The van der Waals surface area contributed by atoms with Crippen LogP contribution >= 0.6 is 11.6 Å². The number of H-pyrrole nitrogens is 1. The first-order valence-corrected chi connectivity index (χ1v) is 11.1. The Labute approximate surface area is 196 Å². The first-order valence-electron chi connectivity index (χ1n) is 10.7. The molecule has 0 aliphatic carbocycles. The number of carbonyl (C=O) groups is 1. The molecule has 2 N–H and O–H groups in total. The number of fused-ring (bicyclic) bond motifs is 3. The highest BCUT2D eigenvalue weighted by Crippen LogP contribution is 2.39. The average molecular weight is 464 g/mol. The van der Waals surface area contributed by atoms with Gasteiger partial charge < -0.3 is 19.9 Å². The molecule has 168 valence electrons. The second-order valence-electron chi connectivity index (χ2n) is 8.22. The Bertz CT molecular complexity index is 1350. The number of halogens is 2. The Balaban J connectivity index is 1.59. The summed E-state index contributed by atoms with van der Waals surface area (Å²) in [4.78, 5) is 18.8. The van der Waals surface area contributed by atoms with Crippen molar-refractivity contribution in [1.82, 2.24) is 9.88 Å². The van der Waals surface area contributed by atoms with E-state index in [-0.39, 0.29) is 11.8 Å². The Morgan fingerprint density at radius 2 is 1.94 bits per heavy atom. The SMILES string of the molecule is COc1ccc2[nH]c3c(c2c1)CCN(C(=O)Nc1cc(Cl)ccc1C)[C@H]3c1ccc(F)cc1. The zero-order chi connectivity index (χ0) is 23.1. The molecule has 0 saturated heterocycles. The molecule has 33 heavy (non-hydrogen) atoms. The summed E-state index contributed by atoms with van der Waals surface area (Å²) in [5.74, 6) is 0.459. The second-order valence-corrected chi connectivity index (χ2v) is 8.65. The third kappa shape index (κ3) is 3.91. The van der Waals surface area contributed by atoms with E-state index in [2.05, 4.69) is 10.3 Å². The largest absolute Gasteiger partial charge is 0.497 e. The molecule has 0 radical (unpaired) electrons. The maximum atomic E-state index is 13.7. The predicted octanol–water partition coefficient (Wildman–Crippen LogP) is 6.46. The summed E-state index contributed by atoms with van der Waals surface area (Å²) in [6.07, 6.45) is 0.683. The molecule has 0 spiro atoms. The number of amides is 2. The number of rotatable bonds is 3. The van der Waals surface area contributed by atoms with E-state index >= 15 is 0 Å². The van der Waals surface area contributed by atoms with E-state index in [4.69, 9.17) is 16.3 Å². The molecule has 2 heterocycles. The van der Waals surface area contributed by atoms with Crippen LogP contribution < -0.4 is 10.1 Å². The third-order valence-electron chi connectivity index (χ3n) is 6.22. The molecule has 2 amide bonds. The molecule has 1 aromatic heterocycles. The van der Waals surface area contributed by atoms with Crippen molar-refractivity contribution in [2.45, 2.75) is 19.4 Å². The van der Waals surface area contributed by atoms with Crippen molar-refractivity contribution in [3.05, 3.63) is 93.9 Å². The van der Waals surface area contributed by atoms with E-state index in [9.17, 15) is 9.18 Å². The number of ether oxygens (including phenoxy) is 1.